The van der Waals surface area contributed by atoms with Crippen molar-refractivity contribution < 1.29 is 19.1 Å². The molecule has 0 spiro atoms. The van der Waals surface area contributed by atoms with Crippen LogP contribution in [0.4, 0.5) is 0 Å². The maximum atomic E-state index is 14.4. The minimum atomic E-state index is -0.703. The molecule has 3 aromatic carbocycles. The molecule has 0 aromatic heterocycles. The number of hydrogen-bond acceptors (Lipinski definition) is 6. The Hall–Kier alpha value is -4.21. The molecule has 2 heterocycles. The Bertz CT molecular complexity index is 1440. The third-order valence-corrected chi connectivity index (χ3v) is 9.65. The maximum absolute atomic E-state index is 14.4. The van der Waals surface area contributed by atoms with Gasteiger partial charge >= 0.3 is 0 Å². The second-order valence-corrected chi connectivity index (χ2v) is 12.7. The molecule has 9 nitrogen and oxygen atoms in total. The average molecular weight is 640 g/mol. The van der Waals surface area contributed by atoms with Crippen molar-refractivity contribution in [3.05, 3.63) is 102 Å². The Morgan fingerprint density at radius 1 is 0.851 bits per heavy atom. The Morgan fingerprint density at radius 2 is 1.53 bits per heavy atom. The lowest BCUT2D eigenvalue weighted by atomic mass is 9.90. The number of carbonyl (C=O) groups is 3. The van der Waals surface area contributed by atoms with Crippen LogP contribution in [0.3, 0.4) is 0 Å². The summed E-state index contributed by atoms with van der Waals surface area (Å²) >= 11 is 0. The van der Waals surface area contributed by atoms with Crippen LogP contribution >= 0.6 is 0 Å². The molecular formula is C38H49N5O4. The summed E-state index contributed by atoms with van der Waals surface area (Å²) in [5.41, 5.74) is 3.35. The van der Waals surface area contributed by atoms with E-state index in [2.05, 4.69) is 33.4 Å². The van der Waals surface area contributed by atoms with Gasteiger partial charge in [0.1, 0.15) is 17.8 Å². The quantitative estimate of drug-likeness (QED) is 0.189. The molecule has 0 radical (unpaired) electrons. The second kappa shape index (κ2) is 17.1. The van der Waals surface area contributed by atoms with E-state index in [1.165, 1.54) is 5.56 Å². The highest BCUT2D eigenvalue weighted by molar-refractivity contribution is 5.94. The molecule has 5 atom stereocenters. The largest absolute Gasteiger partial charge is 0.497 e. The smallest absolute Gasteiger partial charge is 0.246 e. The number of fused-ring (bicyclic) bond motifs is 1. The molecule has 2 saturated heterocycles. The number of nitrogens with zero attached hydrogens (tertiary/aromatic N) is 1. The summed E-state index contributed by atoms with van der Waals surface area (Å²) in [6.07, 6.45) is 4.97. The SMILES string of the molecule is CN[C@H](Cc1ccccc1)C(=O)N[C@@H]1C(=O)N2[C@@H](CC[C@@H]1CCNCc1ccccc1)CC[C@H]2C(=O)NCCc1ccc(OC)cc1. The van der Waals surface area contributed by atoms with Crippen LogP contribution in [0.25, 0.3) is 0 Å². The molecular weight excluding hydrogens is 590 g/mol. The number of nitrogens with one attached hydrogen (secondary N) is 4. The van der Waals surface area contributed by atoms with Gasteiger partial charge in [-0.15, -0.1) is 0 Å². The fourth-order valence-electron chi connectivity index (χ4n) is 6.97. The Balaban J connectivity index is 1.26. The van der Waals surface area contributed by atoms with Crippen molar-refractivity contribution in [3.63, 3.8) is 0 Å². The highest BCUT2D eigenvalue weighted by atomic mass is 16.5. The minimum absolute atomic E-state index is 0.00839. The van der Waals surface area contributed by atoms with E-state index in [0.29, 0.717) is 25.8 Å². The van der Waals surface area contributed by atoms with Crippen molar-refractivity contribution in [1.82, 2.24) is 26.2 Å². The van der Waals surface area contributed by atoms with E-state index in [1.54, 1.807) is 19.1 Å². The van der Waals surface area contributed by atoms with Crippen LogP contribution in [0.5, 0.6) is 5.75 Å². The summed E-state index contributed by atoms with van der Waals surface area (Å²) in [6.45, 7) is 1.94. The molecule has 2 fully saturated rings. The van der Waals surface area contributed by atoms with Gasteiger partial charge in [0.05, 0.1) is 13.2 Å². The van der Waals surface area contributed by atoms with Crippen molar-refractivity contribution in [3.8, 4) is 5.75 Å². The van der Waals surface area contributed by atoms with E-state index >= 15 is 0 Å². The zero-order valence-corrected chi connectivity index (χ0v) is 27.6. The van der Waals surface area contributed by atoms with Crippen molar-refractivity contribution in [2.45, 2.75) is 75.7 Å². The van der Waals surface area contributed by atoms with Crippen LogP contribution in [0.2, 0.25) is 0 Å². The average Bonchev–Trinajstić information content (AvgIpc) is 3.49. The van der Waals surface area contributed by atoms with Gasteiger partial charge in [0.25, 0.3) is 0 Å². The van der Waals surface area contributed by atoms with Crippen LogP contribution in [-0.2, 0) is 33.8 Å². The van der Waals surface area contributed by atoms with Gasteiger partial charge in [0.2, 0.25) is 17.7 Å². The van der Waals surface area contributed by atoms with E-state index < -0.39 is 18.1 Å². The molecule has 47 heavy (non-hydrogen) atoms. The molecule has 5 rings (SSSR count). The van der Waals surface area contributed by atoms with Gasteiger partial charge in [0, 0.05) is 19.1 Å². The first-order chi connectivity index (χ1) is 23.0. The van der Waals surface area contributed by atoms with Crippen molar-refractivity contribution in [2.75, 3.05) is 27.2 Å². The summed E-state index contributed by atoms with van der Waals surface area (Å²) in [5, 5.41) is 12.9. The van der Waals surface area contributed by atoms with Crippen LogP contribution in [0.1, 0.15) is 48.8 Å². The van der Waals surface area contributed by atoms with Crippen molar-refractivity contribution in [2.24, 2.45) is 5.92 Å². The minimum Gasteiger partial charge on any atom is -0.497 e. The van der Waals surface area contributed by atoms with E-state index in [-0.39, 0.29) is 29.7 Å². The summed E-state index contributed by atoms with van der Waals surface area (Å²) in [6, 6.07) is 26.2. The molecule has 0 aliphatic carbocycles. The van der Waals surface area contributed by atoms with Gasteiger partial charge in [-0.05, 0) is 93.3 Å². The summed E-state index contributed by atoms with van der Waals surface area (Å²) < 4.78 is 5.24. The Morgan fingerprint density at radius 3 is 2.21 bits per heavy atom. The topological polar surface area (TPSA) is 112 Å². The number of hydrogen-bond donors (Lipinski definition) is 4. The summed E-state index contributed by atoms with van der Waals surface area (Å²) in [5.74, 6) is 0.279. The second-order valence-electron chi connectivity index (χ2n) is 12.7. The molecule has 4 N–H and O–H groups in total. The van der Waals surface area contributed by atoms with E-state index in [4.69, 9.17) is 4.74 Å². The number of ether oxygens (including phenoxy) is 1. The number of methoxy groups -OCH3 is 1. The highest BCUT2D eigenvalue weighted by Crippen LogP contribution is 2.35. The van der Waals surface area contributed by atoms with Gasteiger partial charge in [-0.1, -0.05) is 72.8 Å². The van der Waals surface area contributed by atoms with Gasteiger partial charge in [-0.2, -0.15) is 0 Å². The van der Waals surface area contributed by atoms with Crippen molar-refractivity contribution >= 4 is 17.7 Å². The number of benzene rings is 3. The molecule has 2 aliphatic rings. The van der Waals surface area contributed by atoms with Gasteiger partial charge in [-0.3, -0.25) is 14.4 Å². The van der Waals surface area contributed by atoms with Crippen molar-refractivity contribution in [1.29, 1.82) is 0 Å². The van der Waals surface area contributed by atoms with Crippen LogP contribution in [0, 0.1) is 5.92 Å². The molecule has 0 saturated carbocycles. The summed E-state index contributed by atoms with van der Waals surface area (Å²) in [7, 11) is 3.41. The van der Waals surface area contributed by atoms with Crippen LogP contribution in [-0.4, -0.2) is 74.0 Å². The van der Waals surface area contributed by atoms with E-state index in [0.717, 1.165) is 55.6 Å². The lowest BCUT2D eigenvalue weighted by Crippen LogP contribution is -2.58. The monoisotopic (exact) mass is 639 g/mol. The third kappa shape index (κ3) is 9.20. The predicted octanol–water partition coefficient (Wildman–Crippen LogP) is 3.62. The maximum Gasteiger partial charge on any atom is 0.246 e. The zero-order valence-electron chi connectivity index (χ0n) is 27.6. The van der Waals surface area contributed by atoms with Crippen LogP contribution in [0.15, 0.2) is 84.9 Å². The zero-order chi connectivity index (χ0) is 33.0. The fraction of sp³-hybridized carbons (Fsp3) is 0.447. The van der Waals surface area contributed by atoms with Gasteiger partial charge < -0.3 is 30.9 Å². The standard InChI is InChI=1S/C38H49N5O4/c1-39-33(25-28-9-5-3-6-10-28)36(44)42-35-30(22-23-40-26-29-11-7-4-8-12-29)15-16-31-17-20-34(43(31)38(35)46)37(45)41-24-21-27-13-18-32(47-2)19-14-27/h3-14,18-19,30-31,33-35,39-40H,15-17,20-26H2,1-2H3,(H,41,45)(H,42,44)/t30-,31+,33-,34+,35+/m1/s1. The number of carbonyl (C=O) groups excluding carboxylic acids is 3. The van der Waals surface area contributed by atoms with E-state index in [1.807, 2.05) is 72.8 Å². The summed E-state index contributed by atoms with van der Waals surface area (Å²) in [4.78, 5) is 43.5. The Labute approximate surface area is 278 Å². The molecule has 0 bridgehead atoms. The molecule has 3 aromatic rings. The fourth-order valence-corrected chi connectivity index (χ4v) is 6.97. The lowest BCUT2D eigenvalue weighted by molar-refractivity contribution is -0.143. The van der Waals surface area contributed by atoms with Crippen LogP contribution < -0.4 is 26.0 Å². The first-order valence-corrected chi connectivity index (χ1v) is 17.0. The Kier molecular flexibility index (Phi) is 12.4. The lowest BCUT2D eigenvalue weighted by Gasteiger charge is -2.33. The number of likely N-dealkylation sites (N-methyl/N-ethyl adjacent to an activating group) is 1. The number of rotatable bonds is 15. The molecule has 3 amide bonds. The normalized spacial score (nSPS) is 21.4. The third-order valence-electron chi connectivity index (χ3n) is 9.65. The first kappa shape index (κ1) is 34.1. The predicted molar refractivity (Wildman–Crippen MR) is 184 cm³/mol. The first-order valence-electron chi connectivity index (χ1n) is 17.0. The number of amides is 3. The van der Waals surface area contributed by atoms with Gasteiger partial charge in [0.15, 0.2) is 0 Å². The van der Waals surface area contributed by atoms with E-state index in [9.17, 15) is 14.4 Å². The molecule has 0 unspecified atom stereocenters. The molecule has 2 aliphatic heterocycles. The molecule has 250 valence electrons. The van der Waals surface area contributed by atoms with Gasteiger partial charge in [-0.25, -0.2) is 0 Å². The molecule has 9 heteroatoms. The highest BCUT2D eigenvalue weighted by Gasteiger charge is 2.47.